The molecule has 7 heteroatoms. The maximum absolute atomic E-state index is 5.46. The Balaban J connectivity index is 2.98. The minimum Gasteiger partial charge on any atom is -0.492 e. The molecule has 0 saturated carbocycles. The molecule has 0 fully saturated rings. The molecule has 4 N–H and O–H groups in total. The van der Waals surface area contributed by atoms with Crippen LogP contribution in [0.3, 0.4) is 0 Å². The predicted octanol–water partition coefficient (Wildman–Crippen LogP) is 2.22. The molecule has 5 nitrogen and oxygen atoms in total. The van der Waals surface area contributed by atoms with E-state index in [0.717, 1.165) is 20.3 Å². The molecule has 0 heterocycles. The van der Waals surface area contributed by atoms with E-state index in [1.54, 1.807) is 6.21 Å². The Morgan fingerprint density at radius 3 is 2.41 bits per heavy atom. The van der Waals surface area contributed by atoms with Crippen molar-refractivity contribution in [1.82, 2.24) is 0 Å². The van der Waals surface area contributed by atoms with Crippen LogP contribution in [-0.2, 0) is 0 Å². The van der Waals surface area contributed by atoms with E-state index in [1.165, 1.54) is 0 Å². The van der Waals surface area contributed by atoms with Crippen molar-refractivity contribution in [2.45, 2.75) is 6.92 Å². The molecule has 0 atom stereocenters. The number of hydrogen-bond acceptors (Lipinski definition) is 3. The standard InChI is InChI=1S/C10H12Br2N4O/c1-2-17-9-7(11)3-6(4-8(9)12)5-15-16-10(13)14/h3-5H,2H2,1H3,(H4,13,14,16)/b15-5-. The molecule has 0 unspecified atom stereocenters. The molecule has 0 aromatic heterocycles. The van der Waals surface area contributed by atoms with Crippen molar-refractivity contribution >= 4 is 44.0 Å². The highest BCUT2D eigenvalue weighted by Gasteiger charge is 2.07. The number of ether oxygens (including phenoxy) is 1. The average molecular weight is 364 g/mol. The van der Waals surface area contributed by atoms with Gasteiger partial charge in [-0.05, 0) is 56.5 Å². The summed E-state index contributed by atoms with van der Waals surface area (Å²) < 4.78 is 7.13. The third kappa shape index (κ3) is 4.35. The lowest BCUT2D eigenvalue weighted by Crippen LogP contribution is -2.21. The van der Waals surface area contributed by atoms with Gasteiger partial charge in [-0.15, -0.1) is 5.10 Å². The largest absolute Gasteiger partial charge is 0.492 e. The SMILES string of the molecule is CCOc1c(Br)cc(/C=N\N=C(N)N)cc1Br. The summed E-state index contributed by atoms with van der Waals surface area (Å²) in [5, 5.41) is 7.25. The molecular weight excluding hydrogens is 352 g/mol. The molecule has 1 rings (SSSR count). The summed E-state index contributed by atoms with van der Waals surface area (Å²) in [5.74, 6) is 0.678. The Morgan fingerprint density at radius 2 is 1.94 bits per heavy atom. The van der Waals surface area contributed by atoms with E-state index in [-0.39, 0.29) is 5.96 Å². The van der Waals surface area contributed by atoms with Crippen LogP contribution in [0.25, 0.3) is 0 Å². The number of benzene rings is 1. The maximum Gasteiger partial charge on any atom is 0.211 e. The van der Waals surface area contributed by atoms with Gasteiger partial charge >= 0.3 is 0 Å². The van der Waals surface area contributed by atoms with E-state index in [9.17, 15) is 0 Å². The number of hydrogen-bond donors (Lipinski definition) is 2. The third-order valence-corrected chi connectivity index (χ3v) is 2.87. The van der Waals surface area contributed by atoms with Crippen LogP contribution >= 0.6 is 31.9 Å². The summed E-state index contributed by atoms with van der Waals surface area (Å²) in [6.45, 7) is 2.52. The van der Waals surface area contributed by atoms with Crippen molar-refractivity contribution in [2.24, 2.45) is 21.7 Å². The normalized spacial score (nSPS) is 10.5. The smallest absolute Gasteiger partial charge is 0.211 e. The van der Waals surface area contributed by atoms with E-state index in [4.69, 9.17) is 16.2 Å². The first-order valence-corrected chi connectivity index (χ1v) is 6.37. The van der Waals surface area contributed by atoms with Gasteiger partial charge in [0.1, 0.15) is 5.75 Å². The van der Waals surface area contributed by atoms with E-state index >= 15 is 0 Å². The van der Waals surface area contributed by atoms with Crippen LogP contribution in [0.1, 0.15) is 12.5 Å². The van der Waals surface area contributed by atoms with Gasteiger partial charge in [0.15, 0.2) is 0 Å². The van der Waals surface area contributed by atoms with Gasteiger partial charge in [0.2, 0.25) is 5.96 Å². The van der Waals surface area contributed by atoms with Gasteiger partial charge in [-0.25, -0.2) is 0 Å². The summed E-state index contributed by atoms with van der Waals surface area (Å²) in [4.78, 5) is 0. The number of nitrogens with zero attached hydrogens (tertiary/aromatic N) is 2. The van der Waals surface area contributed by atoms with Gasteiger partial charge in [-0.1, -0.05) is 0 Å². The van der Waals surface area contributed by atoms with E-state index < -0.39 is 0 Å². The van der Waals surface area contributed by atoms with Crippen molar-refractivity contribution in [3.05, 3.63) is 26.6 Å². The predicted molar refractivity (Wildman–Crippen MR) is 76.4 cm³/mol. The number of nitrogens with two attached hydrogens (primary N) is 2. The van der Waals surface area contributed by atoms with Gasteiger partial charge in [0.05, 0.1) is 21.8 Å². The van der Waals surface area contributed by atoms with Crippen LogP contribution in [0.4, 0.5) is 0 Å². The fourth-order valence-corrected chi connectivity index (χ4v) is 2.55. The minimum absolute atomic E-state index is 0.0784. The maximum atomic E-state index is 5.46. The molecule has 92 valence electrons. The first-order valence-electron chi connectivity index (χ1n) is 4.78. The van der Waals surface area contributed by atoms with Gasteiger partial charge in [-0.3, -0.25) is 0 Å². The van der Waals surface area contributed by atoms with Crippen molar-refractivity contribution in [3.8, 4) is 5.75 Å². The molecule has 0 radical (unpaired) electrons. The second kappa shape index (κ2) is 6.61. The van der Waals surface area contributed by atoms with Gasteiger partial charge in [0.25, 0.3) is 0 Å². The molecular formula is C10H12Br2N4O. The zero-order valence-electron chi connectivity index (χ0n) is 9.15. The molecule has 1 aromatic carbocycles. The Labute approximate surface area is 116 Å². The summed E-state index contributed by atoms with van der Waals surface area (Å²) in [6.07, 6.45) is 1.55. The Bertz CT molecular complexity index is 433. The van der Waals surface area contributed by atoms with Gasteiger partial charge < -0.3 is 16.2 Å². The molecule has 0 saturated heterocycles. The molecule has 0 bridgehead atoms. The summed E-state index contributed by atoms with van der Waals surface area (Å²) >= 11 is 6.84. The summed E-state index contributed by atoms with van der Waals surface area (Å²) in [6, 6.07) is 3.73. The van der Waals surface area contributed by atoms with Crippen LogP contribution in [-0.4, -0.2) is 18.8 Å². The fourth-order valence-electron chi connectivity index (χ4n) is 1.10. The molecule has 0 spiro atoms. The van der Waals surface area contributed by atoms with Gasteiger partial charge in [-0.2, -0.15) is 5.10 Å². The molecule has 0 aliphatic carbocycles. The summed E-state index contributed by atoms with van der Waals surface area (Å²) in [7, 11) is 0. The fraction of sp³-hybridized carbons (Fsp3) is 0.200. The van der Waals surface area contributed by atoms with Crippen molar-refractivity contribution in [3.63, 3.8) is 0 Å². The lowest BCUT2D eigenvalue weighted by atomic mass is 10.2. The molecule has 17 heavy (non-hydrogen) atoms. The number of halogens is 2. The van der Waals surface area contributed by atoms with E-state index in [2.05, 4.69) is 42.1 Å². The quantitative estimate of drug-likeness (QED) is 0.488. The first kappa shape index (κ1) is 14.0. The number of rotatable bonds is 4. The van der Waals surface area contributed by atoms with Crippen LogP contribution in [0.5, 0.6) is 5.75 Å². The molecule has 0 aliphatic rings. The molecule has 1 aromatic rings. The highest BCUT2D eigenvalue weighted by Crippen LogP contribution is 2.34. The average Bonchev–Trinajstić information content (AvgIpc) is 2.23. The van der Waals surface area contributed by atoms with E-state index in [0.29, 0.717) is 6.61 Å². The second-order valence-corrected chi connectivity index (χ2v) is 4.72. The van der Waals surface area contributed by atoms with Crippen molar-refractivity contribution in [2.75, 3.05) is 6.61 Å². The lowest BCUT2D eigenvalue weighted by molar-refractivity contribution is 0.336. The van der Waals surface area contributed by atoms with Crippen molar-refractivity contribution in [1.29, 1.82) is 0 Å². The summed E-state index contributed by atoms with van der Waals surface area (Å²) in [5.41, 5.74) is 11.2. The highest BCUT2D eigenvalue weighted by molar-refractivity contribution is 9.11. The Hall–Kier alpha value is -1.08. The molecule has 0 aliphatic heterocycles. The molecule has 0 amide bonds. The van der Waals surface area contributed by atoms with Gasteiger partial charge in [0, 0.05) is 0 Å². The van der Waals surface area contributed by atoms with Crippen LogP contribution < -0.4 is 16.2 Å². The van der Waals surface area contributed by atoms with Crippen molar-refractivity contribution < 1.29 is 4.74 Å². The highest BCUT2D eigenvalue weighted by atomic mass is 79.9. The third-order valence-electron chi connectivity index (χ3n) is 1.69. The first-order chi connectivity index (χ1) is 8.04. The monoisotopic (exact) mass is 362 g/mol. The number of guanidine groups is 1. The van der Waals surface area contributed by atoms with Crippen LogP contribution in [0.15, 0.2) is 31.3 Å². The Kier molecular flexibility index (Phi) is 5.43. The van der Waals surface area contributed by atoms with Crippen LogP contribution in [0, 0.1) is 0 Å². The zero-order chi connectivity index (χ0) is 12.8. The zero-order valence-corrected chi connectivity index (χ0v) is 12.3. The second-order valence-electron chi connectivity index (χ2n) is 3.02. The topological polar surface area (TPSA) is 86.0 Å². The van der Waals surface area contributed by atoms with Crippen LogP contribution in [0.2, 0.25) is 0 Å². The minimum atomic E-state index is -0.0784. The lowest BCUT2D eigenvalue weighted by Gasteiger charge is -2.08. The van der Waals surface area contributed by atoms with E-state index in [1.807, 2.05) is 19.1 Å². The Morgan fingerprint density at radius 1 is 1.35 bits per heavy atom.